The lowest BCUT2D eigenvalue weighted by atomic mass is 9.84. The topological polar surface area (TPSA) is 97.6 Å². The number of nitrogens with zero attached hydrogens (tertiary/aromatic N) is 2. The largest absolute Gasteiger partial charge is 0.485 e. The maximum atomic E-state index is 12.4. The first-order valence-electron chi connectivity index (χ1n) is 11.2. The van der Waals surface area contributed by atoms with Gasteiger partial charge < -0.3 is 25.4 Å². The molecule has 3 N–H and O–H groups in total. The van der Waals surface area contributed by atoms with Crippen LogP contribution in [0.1, 0.15) is 31.0 Å². The summed E-state index contributed by atoms with van der Waals surface area (Å²) in [7, 11) is 0. The van der Waals surface area contributed by atoms with Crippen LogP contribution in [0.25, 0.3) is 0 Å². The number of carbonyl (C=O) groups excluding carboxylic acids is 1. The quantitative estimate of drug-likeness (QED) is 0.509. The molecular formula is C27H28N4O3. The summed E-state index contributed by atoms with van der Waals surface area (Å²) < 4.78 is 6.09. The van der Waals surface area contributed by atoms with Crippen molar-refractivity contribution >= 4 is 17.4 Å². The summed E-state index contributed by atoms with van der Waals surface area (Å²) in [5.74, 6) is 0.634. The SMILES string of the molecule is CC1(C)Oc2ccc(C#N)cc2[C@H](N(CCNC(=O)Nc2ccccc2)c2ccccc2)[C@H]1O. The summed E-state index contributed by atoms with van der Waals surface area (Å²) in [4.78, 5) is 14.5. The van der Waals surface area contributed by atoms with Crippen LogP contribution in [0.15, 0.2) is 78.9 Å². The van der Waals surface area contributed by atoms with E-state index in [1.165, 1.54) is 0 Å². The number of anilines is 2. The van der Waals surface area contributed by atoms with Crippen LogP contribution < -0.4 is 20.3 Å². The molecule has 0 aliphatic carbocycles. The Kier molecular flexibility index (Phi) is 6.71. The van der Waals surface area contributed by atoms with Gasteiger partial charge in [0.1, 0.15) is 17.5 Å². The Morgan fingerprint density at radius 1 is 1.09 bits per heavy atom. The molecule has 1 aliphatic heterocycles. The fourth-order valence-corrected chi connectivity index (χ4v) is 4.21. The number of carbonyl (C=O) groups is 1. The van der Waals surface area contributed by atoms with Gasteiger partial charge in [-0.2, -0.15) is 5.26 Å². The second-order valence-electron chi connectivity index (χ2n) is 8.74. The Hall–Kier alpha value is -4.02. The molecular weight excluding hydrogens is 428 g/mol. The van der Waals surface area contributed by atoms with Crippen molar-refractivity contribution in [3.8, 4) is 11.8 Å². The number of nitriles is 1. The van der Waals surface area contributed by atoms with Crippen molar-refractivity contribution in [2.45, 2.75) is 31.6 Å². The number of hydrogen-bond acceptors (Lipinski definition) is 5. The number of hydrogen-bond donors (Lipinski definition) is 3. The highest BCUT2D eigenvalue weighted by molar-refractivity contribution is 5.89. The van der Waals surface area contributed by atoms with E-state index in [9.17, 15) is 15.2 Å². The van der Waals surface area contributed by atoms with Crippen LogP contribution in [0.5, 0.6) is 5.75 Å². The van der Waals surface area contributed by atoms with Gasteiger partial charge in [0.2, 0.25) is 0 Å². The van der Waals surface area contributed by atoms with Crippen LogP contribution in [0, 0.1) is 11.3 Å². The van der Waals surface area contributed by atoms with Crippen LogP contribution in [0.2, 0.25) is 0 Å². The maximum absolute atomic E-state index is 12.4. The van der Waals surface area contributed by atoms with Crippen molar-refractivity contribution in [2.75, 3.05) is 23.3 Å². The summed E-state index contributed by atoms with van der Waals surface area (Å²) in [6.07, 6.45) is -0.882. The molecule has 0 spiro atoms. The number of benzene rings is 3. The monoisotopic (exact) mass is 456 g/mol. The van der Waals surface area contributed by atoms with Crippen LogP contribution in [-0.2, 0) is 0 Å². The Morgan fingerprint density at radius 2 is 1.76 bits per heavy atom. The summed E-state index contributed by atoms with van der Waals surface area (Å²) in [6.45, 7) is 4.46. The van der Waals surface area contributed by atoms with Crippen LogP contribution in [0.3, 0.4) is 0 Å². The number of urea groups is 1. The predicted octanol–water partition coefficient (Wildman–Crippen LogP) is 4.46. The Morgan fingerprint density at radius 3 is 2.44 bits per heavy atom. The molecule has 7 heteroatoms. The summed E-state index contributed by atoms with van der Waals surface area (Å²) in [5.41, 5.74) is 1.98. The molecule has 2 amide bonds. The molecule has 0 fully saturated rings. The molecule has 0 saturated heterocycles. The minimum absolute atomic E-state index is 0.306. The summed E-state index contributed by atoms with van der Waals surface area (Å²) >= 11 is 0. The average molecular weight is 457 g/mol. The molecule has 0 unspecified atom stereocenters. The second-order valence-corrected chi connectivity index (χ2v) is 8.74. The highest BCUT2D eigenvalue weighted by Gasteiger charge is 2.45. The van der Waals surface area contributed by atoms with E-state index in [4.69, 9.17) is 4.74 Å². The molecule has 0 radical (unpaired) electrons. The van der Waals surface area contributed by atoms with Gasteiger partial charge in [0.05, 0.1) is 17.7 Å². The molecule has 7 nitrogen and oxygen atoms in total. The molecule has 3 aromatic rings. The van der Waals surface area contributed by atoms with Crippen LogP contribution >= 0.6 is 0 Å². The first-order valence-corrected chi connectivity index (χ1v) is 11.2. The Labute approximate surface area is 199 Å². The van der Waals surface area contributed by atoms with Gasteiger partial charge >= 0.3 is 6.03 Å². The van der Waals surface area contributed by atoms with Crippen LogP contribution in [0.4, 0.5) is 16.2 Å². The number of aliphatic hydroxyl groups excluding tert-OH is 1. The highest BCUT2D eigenvalue weighted by Crippen LogP contribution is 2.44. The number of nitrogens with one attached hydrogen (secondary N) is 2. The number of rotatable bonds is 6. The van der Waals surface area contributed by atoms with Crippen LogP contribution in [-0.4, -0.2) is 35.9 Å². The van der Waals surface area contributed by atoms with E-state index in [0.717, 1.165) is 11.3 Å². The Balaban J connectivity index is 1.61. The summed E-state index contributed by atoms with van der Waals surface area (Å²) in [5, 5.41) is 26.6. The number of amides is 2. The van der Waals surface area contributed by atoms with Gasteiger partial charge in [-0.15, -0.1) is 0 Å². The van der Waals surface area contributed by atoms with Gasteiger partial charge in [0, 0.05) is 30.0 Å². The van der Waals surface area contributed by atoms with Gasteiger partial charge in [-0.05, 0) is 56.3 Å². The normalized spacial score (nSPS) is 18.1. The lowest BCUT2D eigenvalue weighted by Crippen LogP contribution is -2.54. The lowest BCUT2D eigenvalue weighted by Gasteiger charge is -2.47. The minimum atomic E-state index is -0.882. The van der Waals surface area contributed by atoms with E-state index in [1.807, 2.05) is 74.5 Å². The zero-order chi connectivity index (χ0) is 24.1. The maximum Gasteiger partial charge on any atom is 0.319 e. The number of fused-ring (bicyclic) bond motifs is 1. The van der Waals surface area contributed by atoms with E-state index in [-0.39, 0.29) is 6.03 Å². The third-order valence-corrected chi connectivity index (χ3v) is 5.94. The molecule has 1 aliphatic rings. The first-order chi connectivity index (χ1) is 16.4. The molecule has 1 heterocycles. The van der Waals surface area contributed by atoms with Crippen molar-refractivity contribution in [1.29, 1.82) is 5.26 Å². The third kappa shape index (κ3) is 4.98. The minimum Gasteiger partial charge on any atom is -0.485 e. The van der Waals surface area contributed by atoms with Gasteiger partial charge in [0.15, 0.2) is 0 Å². The van der Waals surface area contributed by atoms with Crippen molar-refractivity contribution in [1.82, 2.24) is 5.32 Å². The molecule has 2 atom stereocenters. The molecule has 3 aromatic carbocycles. The van der Waals surface area contributed by atoms with Gasteiger partial charge in [0.25, 0.3) is 0 Å². The molecule has 4 rings (SSSR count). The van der Waals surface area contributed by atoms with Gasteiger partial charge in [-0.1, -0.05) is 36.4 Å². The van der Waals surface area contributed by atoms with Crippen molar-refractivity contribution in [2.24, 2.45) is 0 Å². The van der Waals surface area contributed by atoms with E-state index >= 15 is 0 Å². The zero-order valence-corrected chi connectivity index (χ0v) is 19.2. The summed E-state index contributed by atoms with van der Waals surface area (Å²) in [6, 6.07) is 25.6. The molecule has 174 valence electrons. The predicted molar refractivity (Wildman–Crippen MR) is 132 cm³/mol. The van der Waals surface area contributed by atoms with E-state index in [0.29, 0.717) is 30.1 Å². The number of para-hydroxylation sites is 2. The second kappa shape index (κ2) is 9.86. The highest BCUT2D eigenvalue weighted by atomic mass is 16.5. The molecule has 0 aromatic heterocycles. The fraction of sp³-hybridized carbons (Fsp3) is 0.259. The number of ether oxygens (including phenoxy) is 1. The van der Waals surface area contributed by atoms with Crippen molar-refractivity contribution in [3.63, 3.8) is 0 Å². The van der Waals surface area contributed by atoms with E-state index < -0.39 is 17.7 Å². The standard InChI is InChI=1S/C27H28N4O3/c1-27(2)25(32)24(22-17-19(18-28)13-14-23(22)34-27)31(21-11-7-4-8-12-21)16-15-29-26(33)30-20-9-5-3-6-10-20/h3-14,17,24-25,32H,15-16H2,1-2H3,(H2,29,30,33)/t24-,25+/m0/s1. The lowest BCUT2D eigenvalue weighted by molar-refractivity contribution is -0.0586. The van der Waals surface area contributed by atoms with E-state index in [2.05, 4.69) is 21.6 Å². The van der Waals surface area contributed by atoms with Crippen molar-refractivity contribution < 1.29 is 14.6 Å². The van der Waals surface area contributed by atoms with Gasteiger partial charge in [-0.25, -0.2) is 4.79 Å². The number of aliphatic hydroxyl groups is 1. The smallest absolute Gasteiger partial charge is 0.319 e. The molecule has 0 saturated carbocycles. The average Bonchev–Trinajstić information content (AvgIpc) is 2.84. The third-order valence-electron chi connectivity index (χ3n) is 5.94. The fourth-order valence-electron chi connectivity index (χ4n) is 4.21. The van der Waals surface area contributed by atoms with E-state index in [1.54, 1.807) is 18.2 Å². The zero-order valence-electron chi connectivity index (χ0n) is 19.2. The van der Waals surface area contributed by atoms with Gasteiger partial charge in [-0.3, -0.25) is 0 Å². The molecule has 0 bridgehead atoms. The van der Waals surface area contributed by atoms with Crippen molar-refractivity contribution in [3.05, 3.63) is 90.0 Å². The first kappa shape index (κ1) is 23.1. The Bertz CT molecular complexity index is 1180. The molecule has 34 heavy (non-hydrogen) atoms.